The molecule has 0 saturated heterocycles. The second-order valence-electron chi connectivity index (χ2n) is 10.7. The molecule has 3 rings (SSSR count). The summed E-state index contributed by atoms with van der Waals surface area (Å²) in [5, 5.41) is 9.10. The van der Waals surface area contributed by atoms with Crippen LogP contribution in [0.4, 0.5) is 0 Å². The van der Waals surface area contributed by atoms with Crippen molar-refractivity contribution in [2.75, 3.05) is 13.1 Å². The summed E-state index contributed by atoms with van der Waals surface area (Å²) in [4.78, 5) is 2.54. The molecule has 156 valence electrons. The van der Waals surface area contributed by atoms with Crippen LogP contribution in [0.3, 0.4) is 0 Å². The van der Waals surface area contributed by atoms with Gasteiger partial charge in [-0.2, -0.15) is 5.26 Å². The number of nitrogens with zero attached hydrogens (tertiary/aromatic N) is 4. The van der Waals surface area contributed by atoms with E-state index in [1.54, 1.807) is 0 Å². The molecule has 0 unspecified atom stereocenters. The van der Waals surface area contributed by atoms with E-state index in [-0.39, 0.29) is 16.6 Å². The molecule has 0 N–H and O–H groups in total. The Morgan fingerprint density at radius 2 is 1.52 bits per heavy atom. The van der Waals surface area contributed by atoms with E-state index in [9.17, 15) is 0 Å². The molecule has 1 aliphatic rings. The second-order valence-corrected chi connectivity index (χ2v) is 10.7. The van der Waals surface area contributed by atoms with Crippen LogP contribution in [-0.2, 0) is 17.5 Å². The number of hydrogen-bond donors (Lipinski definition) is 0. The number of nitriles is 1. The predicted molar refractivity (Wildman–Crippen MR) is 120 cm³/mol. The zero-order valence-corrected chi connectivity index (χ0v) is 19.2. The third-order valence-corrected chi connectivity index (χ3v) is 6.21. The van der Waals surface area contributed by atoms with Crippen LogP contribution in [0, 0.1) is 11.3 Å². The van der Waals surface area contributed by atoms with Crippen molar-refractivity contribution in [3.8, 4) is 6.07 Å². The van der Waals surface area contributed by atoms with Crippen molar-refractivity contribution in [1.82, 2.24) is 14.0 Å². The van der Waals surface area contributed by atoms with Gasteiger partial charge in [-0.3, -0.25) is 4.90 Å². The van der Waals surface area contributed by atoms with Crippen molar-refractivity contribution in [2.24, 2.45) is 0 Å². The Kier molecular flexibility index (Phi) is 5.58. The maximum atomic E-state index is 9.10. The van der Waals surface area contributed by atoms with E-state index in [0.717, 1.165) is 25.9 Å². The zero-order chi connectivity index (χ0) is 21.4. The highest BCUT2D eigenvalue weighted by molar-refractivity contribution is 5.27. The number of hydrogen-bond acceptors (Lipinski definition) is 2. The van der Waals surface area contributed by atoms with E-state index >= 15 is 0 Å². The Morgan fingerprint density at radius 3 is 2.10 bits per heavy atom. The quantitative estimate of drug-likeness (QED) is 0.625. The van der Waals surface area contributed by atoms with Crippen LogP contribution >= 0.6 is 0 Å². The Morgan fingerprint density at radius 1 is 0.897 bits per heavy atom. The van der Waals surface area contributed by atoms with Gasteiger partial charge in [-0.25, -0.2) is 0 Å². The van der Waals surface area contributed by atoms with E-state index in [4.69, 9.17) is 5.26 Å². The van der Waals surface area contributed by atoms with Crippen LogP contribution in [0.25, 0.3) is 0 Å². The molecule has 2 aromatic rings. The Balaban J connectivity index is 1.68. The highest BCUT2D eigenvalue weighted by atomic mass is 15.2. The highest BCUT2D eigenvalue weighted by Gasteiger charge is 2.29. The second kappa shape index (κ2) is 7.54. The van der Waals surface area contributed by atoms with Crippen molar-refractivity contribution < 1.29 is 0 Å². The van der Waals surface area contributed by atoms with E-state index < -0.39 is 0 Å². The summed E-state index contributed by atoms with van der Waals surface area (Å²) < 4.78 is 4.52. The topological polar surface area (TPSA) is 36.9 Å². The van der Waals surface area contributed by atoms with Gasteiger partial charge in [0.2, 0.25) is 0 Å². The van der Waals surface area contributed by atoms with Crippen LogP contribution in [0.1, 0.15) is 66.0 Å². The molecule has 0 radical (unpaired) electrons. The summed E-state index contributed by atoms with van der Waals surface area (Å²) in [6, 6.07) is 6.34. The molecule has 0 bridgehead atoms. The lowest BCUT2D eigenvalue weighted by Gasteiger charge is -2.33. The SMILES string of the molecule is CC(C)(C)N1CC=C(CC(C)(C)n2ccc(CC(C)(C)n3ccc(C#N)c3)c2)C1. The Labute approximate surface area is 176 Å². The van der Waals surface area contributed by atoms with Crippen molar-refractivity contribution >= 4 is 0 Å². The Bertz CT molecular complexity index is 925. The monoisotopic (exact) mass is 392 g/mol. The van der Waals surface area contributed by atoms with E-state index in [1.165, 1.54) is 11.1 Å². The van der Waals surface area contributed by atoms with Gasteiger partial charge in [0.15, 0.2) is 0 Å². The summed E-state index contributed by atoms with van der Waals surface area (Å²) in [5.74, 6) is 0. The average molecular weight is 393 g/mol. The van der Waals surface area contributed by atoms with Gasteiger partial charge in [0.1, 0.15) is 6.07 Å². The molecule has 2 aromatic heterocycles. The molecular weight excluding hydrogens is 356 g/mol. The number of rotatable bonds is 6. The van der Waals surface area contributed by atoms with Crippen molar-refractivity contribution in [1.29, 1.82) is 5.26 Å². The summed E-state index contributed by atoms with van der Waals surface area (Å²) in [6.45, 7) is 18.1. The summed E-state index contributed by atoms with van der Waals surface area (Å²) in [7, 11) is 0. The van der Waals surface area contributed by atoms with Gasteiger partial charge in [0, 0.05) is 54.5 Å². The fraction of sp³-hybridized carbons (Fsp3) is 0.560. The predicted octanol–water partition coefficient (Wildman–Crippen LogP) is 5.30. The maximum Gasteiger partial charge on any atom is 0.101 e. The van der Waals surface area contributed by atoms with Crippen LogP contribution in [0.15, 0.2) is 48.6 Å². The van der Waals surface area contributed by atoms with Gasteiger partial charge in [-0.15, -0.1) is 0 Å². The maximum absolute atomic E-state index is 9.10. The lowest BCUT2D eigenvalue weighted by atomic mass is 9.94. The van der Waals surface area contributed by atoms with Gasteiger partial charge in [0.25, 0.3) is 0 Å². The van der Waals surface area contributed by atoms with Gasteiger partial charge < -0.3 is 9.13 Å². The van der Waals surface area contributed by atoms with Crippen LogP contribution < -0.4 is 0 Å². The summed E-state index contributed by atoms with van der Waals surface area (Å²) in [5.41, 5.74) is 3.77. The lowest BCUT2D eigenvalue weighted by Crippen LogP contribution is -2.40. The third-order valence-electron chi connectivity index (χ3n) is 6.21. The first-order valence-electron chi connectivity index (χ1n) is 10.6. The first-order valence-corrected chi connectivity index (χ1v) is 10.6. The molecule has 0 spiro atoms. The molecule has 29 heavy (non-hydrogen) atoms. The van der Waals surface area contributed by atoms with Gasteiger partial charge in [-0.1, -0.05) is 11.6 Å². The molecule has 0 atom stereocenters. The van der Waals surface area contributed by atoms with Gasteiger partial charge in [-0.05, 0) is 79.0 Å². The summed E-state index contributed by atoms with van der Waals surface area (Å²) >= 11 is 0. The van der Waals surface area contributed by atoms with E-state index in [0.29, 0.717) is 5.56 Å². The summed E-state index contributed by atoms with van der Waals surface area (Å²) in [6.07, 6.45) is 12.9. The van der Waals surface area contributed by atoms with Crippen molar-refractivity contribution in [3.63, 3.8) is 0 Å². The smallest absolute Gasteiger partial charge is 0.101 e. The third kappa shape index (κ3) is 4.85. The molecule has 1 aliphatic heterocycles. The van der Waals surface area contributed by atoms with Gasteiger partial charge in [0.05, 0.1) is 5.56 Å². The molecular formula is C25H36N4. The minimum Gasteiger partial charge on any atom is -0.348 e. The van der Waals surface area contributed by atoms with Crippen molar-refractivity contribution in [2.45, 2.75) is 77.9 Å². The highest BCUT2D eigenvalue weighted by Crippen LogP contribution is 2.31. The van der Waals surface area contributed by atoms with E-state index in [1.807, 2.05) is 18.5 Å². The van der Waals surface area contributed by atoms with Crippen molar-refractivity contribution in [3.05, 3.63) is 59.7 Å². The Hall–Kier alpha value is -2.25. The minimum atomic E-state index is -0.0768. The molecule has 0 aliphatic carbocycles. The molecule has 3 heterocycles. The fourth-order valence-electron chi connectivity index (χ4n) is 4.25. The number of aromatic nitrogens is 2. The molecule has 0 amide bonds. The molecule has 4 heteroatoms. The normalized spacial score (nSPS) is 16.1. The first-order chi connectivity index (χ1) is 13.4. The molecule has 0 saturated carbocycles. The average Bonchev–Trinajstić information content (AvgIpc) is 3.33. The fourth-order valence-corrected chi connectivity index (χ4v) is 4.25. The standard InChI is InChI=1S/C25H36N4/c1-23(2,3)27-11-8-20(17-27)14-24(4,5)28-12-9-21(18-28)15-25(6,7)29-13-10-22(16-26)19-29/h8-10,12-13,18-19H,11,14-15,17H2,1-7H3. The lowest BCUT2D eigenvalue weighted by molar-refractivity contribution is 0.178. The molecule has 4 nitrogen and oxygen atoms in total. The minimum absolute atomic E-state index is 0.0452. The first kappa shape index (κ1) is 21.5. The van der Waals surface area contributed by atoms with Crippen LogP contribution in [-0.4, -0.2) is 32.7 Å². The van der Waals surface area contributed by atoms with Crippen LogP contribution in [0.5, 0.6) is 0 Å². The molecule has 0 fully saturated rings. The van der Waals surface area contributed by atoms with E-state index in [2.05, 4.69) is 93.1 Å². The largest absolute Gasteiger partial charge is 0.348 e. The zero-order valence-electron chi connectivity index (χ0n) is 19.2. The molecule has 0 aromatic carbocycles. The van der Waals surface area contributed by atoms with Crippen LogP contribution in [0.2, 0.25) is 0 Å². The van der Waals surface area contributed by atoms with Gasteiger partial charge >= 0.3 is 0 Å².